The van der Waals surface area contributed by atoms with Gasteiger partial charge in [-0.2, -0.15) is 5.10 Å². The maximum atomic E-state index is 11.6. The molecule has 2 rings (SSSR count). The van der Waals surface area contributed by atoms with Crippen LogP contribution in [-0.4, -0.2) is 45.3 Å². The molecule has 6 nitrogen and oxygen atoms in total. The average Bonchev–Trinajstić information content (AvgIpc) is 2.58. The summed E-state index contributed by atoms with van der Waals surface area (Å²) in [6.45, 7) is 3.36. The molecule has 6 heteroatoms. The molecule has 0 fully saturated rings. The van der Waals surface area contributed by atoms with Gasteiger partial charge in [-0.05, 0) is 21.0 Å². The molecule has 0 aromatic carbocycles. The van der Waals surface area contributed by atoms with E-state index in [4.69, 9.17) is 0 Å². The van der Waals surface area contributed by atoms with Gasteiger partial charge in [0.15, 0.2) is 5.65 Å². The maximum absolute atomic E-state index is 11.6. The number of H-pyrrole nitrogens is 1. The lowest BCUT2D eigenvalue weighted by molar-refractivity contribution is 0.376. The Labute approximate surface area is 92.9 Å². The lowest BCUT2D eigenvalue weighted by Gasteiger charge is -2.09. The number of aryl methyl sites for hydroxylation is 1. The van der Waals surface area contributed by atoms with Crippen LogP contribution < -0.4 is 5.56 Å². The van der Waals surface area contributed by atoms with E-state index in [0.717, 1.165) is 13.1 Å². The van der Waals surface area contributed by atoms with Crippen LogP contribution in [0.1, 0.15) is 5.82 Å². The molecule has 0 spiro atoms. The Balaban J connectivity index is 2.44. The Morgan fingerprint density at radius 3 is 2.94 bits per heavy atom. The van der Waals surface area contributed by atoms with Crippen molar-refractivity contribution in [1.82, 2.24) is 24.6 Å². The van der Waals surface area contributed by atoms with Crippen molar-refractivity contribution >= 4 is 11.0 Å². The number of hydrogen-bond acceptors (Lipinski definition) is 4. The molecule has 2 aromatic rings. The predicted octanol–water partition coefficient (Wildman–Crippen LogP) is -0.0104. The van der Waals surface area contributed by atoms with Crippen molar-refractivity contribution in [3.05, 3.63) is 22.4 Å². The first kappa shape index (κ1) is 10.8. The Kier molecular flexibility index (Phi) is 2.74. The molecular formula is C10H15N5O. The lowest BCUT2D eigenvalue weighted by Crippen LogP contribution is -2.19. The van der Waals surface area contributed by atoms with Crippen molar-refractivity contribution in [2.24, 2.45) is 0 Å². The Hall–Kier alpha value is -1.69. The van der Waals surface area contributed by atoms with E-state index in [2.05, 4.69) is 20.0 Å². The molecule has 0 bridgehead atoms. The van der Waals surface area contributed by atoms with Gasteiger partial charge in [-0.25, -0.2) is 9.67 Å². The van der Waals surface area contributed by atoms with Gasteiger partial charge in [0, 0.05) is 6.54 Å². The standard InChI is InChI=1S/C10H15N5O/c1-7-12-9-8(10(16)13-7)6-11-15(9)5-4-14(2)3/h6H,4-5H2,1-3H3,(H,12,13,16). The quantitative estimate of drug-likeness (QED) is 0.791. The van der Waals surface area contributed by atoms with Crippen molar-refractivity contribution < 1.29 is 0 Å². The van der Waals surface area contributed by atoms with Gasteiger partial charge in [-0.3, -0.25) is 4.79 Å². The molecule has 16 heavy (non-hydrogen) atoms. The Morgan fingerprint density at radius 1 is 1.50 bits per heavy atom. The van der Waals surface area contributed by atoms with E-state index in [1.54, 1.807) is 17.8 Å². The summed E-state index contributed by atoms with van der Waals surface area (Å²) in [5.74, 6) is 0.615. The third-order valence-corrected chi connectivity index (χ3v) is 2.38. The smallest absolute Gasteiger partial charge is 0.262 e. The van der Waals surface area contributed by atoms with E-state index in [0.29, 0.717) is 16.9 Å². The SMILES string of the molecule is Cc1nc2c(cnn2CCN(C)C)c(=O)[nH]1. The molecule has 1 N–H and O–H groups in total. The van der Waals surface area contributed by atoms with E-state index in [1.807, 2.05) is 14.1 Å². The normalized spacial score (nSPS) is 11.5. The molecule has 2 aromatic heterocycles. The molecule has 0 amide bonds. The fourth-order valence-corrected chi connectivity index (χ4v) is 1.53. The zero-order valence-corrected chi connectivity index (χ0v) is 9.69. The van der Waals surface area contributed by atoms with Crippen LogP contribution in [0.5, 0.6) is 0 Å². The highest BCUT2D eigenvalue weighted by Gasteiger charge is 2.08. The van der Waals surface area contributed by atoms with E-state index in [1.165, 1.54) is 0 Å². The van der Waals surface area contributed by atoms with Crippen molar-refractivity contribution in [2.75, 3.05) is 20.6 Å². The molecule has 86 valence electrons. The molecule has 0 saturated heterocycles. The Bertz CT molecular complexity index is 554. The van der Waals surface area contributed by atoms with Crippen LogP contribution in [0.2, 0.25) is 0 Å². The third kappa shape index (κ3) is 1.96. The van der Waals surface area contributed by atoms with Crippen LogP contribution in [0.4, 0.5) is 0 Å². The van der Waals surface area contributed by atoms with Gasteiger partial charge in [0.2, 0.25) is 0 Å². The van der Waals surface area contributed by atoms with Gasteiger partial charge in [0.1, 0.15) is 11.2 Å². The molecule has 0 aliphatic carbocycles. The molecule has 0 aliphatic rings. The minimum absolute atomic E-state index is 0.126. The summed E-state index contributed by atoms with van der Waals surface area (Å²) in [5, 5.41) is 4.72. The van der Waals surface area contributed by atoms with Gasteiger partial charge in [0.05, 0.1) is 12.7 Å². The third-order valence-electron chi connectivity index (χ3n) is 2.38. The zero-order chi connectivity index (χ0) is 11.7. The number of aromatic nitrogens is 4. The molecule has 0 radical (unpaired) electrons. The minimum Gasteiger partial charge on any atom is -0.310 e. The number of nitrogens with one attached hydrogen (secondary N) is 1. The zero-order valence-electron chi connectivity index (χ0n) is 9.69. The van der Waals surface area contributed by atoms with Crippen molar-refractivity contribution in [2.45, 2.75) is 13.5 Å². The summed E-state index contributed by atoms with van der Waals surface area (Å²) in [7, 11) is 3.99. The second-order valence-electron chi connectivity index (χ2n) is 4.06. The van der Waals surface area contributed by atoms with Gasteiger partial charge in [0.25, 0.3) is 5.56 Å². The van der Waals surface area contributed by atoms with E-state index >= 15 is 0 Å². The minimum atomic E-state index is -0.126. The lowest BCUT2D eigenvalue weighted by atomic mass is 10.4. The summed E-state index contributed by atoms with van der Waals surface area (Å²) < 4.78 is 1.76. The first-order valence-electron chi connectivity index (χ1n) is 5.15. The van der Waals surface area contributed by atoms with Gasteiger partial charge >= 0.3 is 0 Å². The largest absolute Gasteiger partial charge is 0.310 e. The number of hydrogen-bond donors (Lipinski definition) is 1. The molecule has 0 saturated carbocycles. The molecule has 0 aliphatic heterocycles. The van der Waals surface area contributed by atoms with Gasteiger partial charge in [-0.1, -0.05) is 0 Å². The average molecular weight is 221 g/mol. The number of likely N-dealkylation sites (N-methyl/N-ethyl adjacent to an activating group) is 1. The van der Waals surface area contributed by atoms with Crippen LogP contribution in [0.15, 0.2) is 11.0 Å². The van der Waals surface area contributed by atoms with Crippen LogP contribution in [0.3, 0.4) is 0 Å². The number of nitrogens with zero attached hydrogens (tertiary/aromatic N) is 4. The summed E-state index contributed by atoms with van der Waals surface area (Å²) >= 11 is 0. The second kappa shape index (κ2) is 4.05. The predicted molar refractivity (Wildman–Crippen MR) is 61.4 cm³/mol. The molecule has 0 unspecified atom stereocenters. The topological polar surface area (TPSA) is 66.8 Å². The molecule has 0 atom stereocenters. The van der Waals surface area contributed by atoms with Crippen LogP contribution >= 0.6 is 0 Å². The van der Waals surface area contributed by atoms with Crippen LogP contribution in [-0.2, 0) is 6.54 Å². The van der Waals surface area contributed by atoms with Crippen molar-refractivity contribution in [3.63, 3.8) is 0 Å². The highest BCUT2D eigenvalue weighted by Crippen LogP contribution is 2.05. The molecular weight excluding hydrogens is 206 g/mol. The first-order valence-corrected chi connectivity index (χ1v) is 5.15. The maximum Gasteiger partial charge on any atom is 0.262 e. The fourth-order valence-electron chi connectivity index (χ4n) is 1.53. The van der Waals surface area contributed by atoms with Crippen LogP contribution in [0.25, 0.3) is 11.0 Å². The second-order valence-corrected chi connectivity index (χ2v) is 4.06. The highest BCUT2D eigenvalue weighted by atomic mass is 16.1. The van der Waals surface area contributed by atoms with E-state index in [-0.39, 0.29) is 5.56 Å². The summed E-state index contributed by atoms with van der Waals surface area (Å²) in [4.78, 5) is 20.6. The summed E-state index contributed by atoms with van der Waals surface area (Å²) in [5.41, 5.74) is 0.529. The van der Waals surface area contributed by atoms with Crippen molar-refractivity contribution in [1.29, 1.82) is 0 Å². The monoisotopic (exact) mass is 221 g/mol. The van der Waals surface area contributed by atoms with E-state index < -0.39 is 0 Å². The van der Waals surface area contributed by atoms with E-state index in [9.17, 15) is 4.79 Å². The molecule has 2 heterocycles. The summed E-state index contributed by atoms with van der Waals surface area (Å²) in [6, 6.07) is 0. The van der Waals surface area contributed by atoms with Gasteiger partial charge in [-0.15, -0.1) is 0 Å². The number of rotatable bonds is 3. The summed E-state index contributed by atoms with van der Waals surface area (Å²) in [6.07, 6.45) is 1.57. The van der Waals surface area contributed by atoms with Crippen LogP contribution in [0, 0.1) is 6.92 Å². The first-order chi connectivity index (χ1) is 7.58. The Morgan fingerprint density at radius 2 is 2.25 bits per heavy atom. The fraction of sp³-hybridized carbons (Fsp3) is 0.500. The van der Waals surface area contributed by atoms with Crippen molar-refractivity contribution in [3.8, 4) is 0 Å². The highest BCUT2D eigenvalue weighted by molar-refractivity contribution is 5.72. The van der Waals surface area contributed by atoms with Gasteiger partial charge < -0.3 is 9.88 Å². The number of aromatic amines is 1. The number of fused-ring (bicyclic) bond motifs is 1.